The fourth-order valence-corrected chi connectivity index (χ4v) is 1.94. The molecule has 0 saturated carbocycles. The number of hydrogen-bond acceptors (Lipinski definition) is 3. The predicted molar refractivity (Wildman–Crippen MR) is 71.2 cm³/mol. The topological polar surface area (TPSA) is 52.7 Å². The highest BCUT2D eigenvalue weighted by atomic mass is 16.1. The third-order valence-corrected chi connectivity index (χ3v) is 3.25. The average Bonchev–Trinajstić information content (AvgIpc) is 2.36. The van der Waals surface area contributed by atoms with Gasteiger partial charge in [0.1, 0.15) is 0 Å². The molecule has 1 N–H and O–H groups in total. The van der Waals surface area contributed by atoms with Crippen LogP contribution in [0.1, 0.15) is 26.7 Å². The Labute approximate surface area is 110 Å². The van der Waals surface area contributed by atoms with Crippen molar-refractivity contribution < 1.29 is 9.59 Å². The van der Waals surface area contributed by atoms with Crippen molar-refractivity contribution in [2.24, 2.45) is 5.92 Å². The van der Waals surface area contributed by atoms with Gasteiger partial charge >= 0.3 is 0 Å². The molecule has 5 nitrogen and oxygen atoms in total. The van der Waals surface area contributed by atoms with Gasteiger partial charge in [-0.1, -0.05) is 13.8 Å². The zero-order valence-electron chi connectivity index (χ0n) is 11.5. The standard InChI is InChI=1S/C13H25N3O2/c1-12(2)3-5-14-13(18)4-6-15-7-9-16(11-17)10-8-15/h11-12H,3-10H2,1-2H3,(H,14,18). The van der Waals surface area contributed by atoms with Gasteiger partial charge in [0.2, 0.25) is 12.3 Å². The van der Waals surface area contributed by atoms with E-state index in [9.17, 15) is 9.59 Å². The van der Waals surface area contributed by atoms with Crippen molar-refractivity contribution in [2.75, 3.05) is 39.3 Å². The van der Waals surface area contributed by atoms with Gasteiger partial charge in [0.15, 0.2) is 0 Å². The second kappa shape index (κ2) is 8.08. The summed E-state index contributed by atoms with van der Waals surface area (Å²) < 4.78 is 0. The number of carbonyl (C=O) groups is 2. The molecule has 5 heteroatoms. The summed E-state index contributed by atoms with van der Waals surface area (Å²) >= 11 is 0. The Morgan fingerprint density at radius 3 is 2.50 bits per heavy atom. The molecule has 1 rings (SSSR count). The van der Waals surface area contributed by atoms with Crippen molar-refractivity contribution in [1.29, 1.82) is 0 Å². The summed E-state index contributed by atoms with van der Waals surface area (Å²) in [6, 6.07) is 0. The van der Waals surface area contributed by atoms with Gasteiger partial charge < -0.3 is 10.2 Å². The molecule has 0 unspecified atom stereocenters. The van der Waals surface area contributed by atoms with Gasteiger partial charge in [-0.25, -0.2) is 0 Å². The van der Waals surface area contributed by atoms with Gasteiger partial charge in [-0.3, -0.25) is 14.5 Å². The van der Waals surface area contributed by atoms with Gasteiger partial charge in [0.05, 0.1) is 0 Å². The maximum absolute atomic E-state index is 11.6. The summed E-state index contributed by atoms with van der Waals surface area (Å²) in [6.07, 6.45) is 2.49. The fourth-order valence-electron chi connectivity index (χ4n) is 1.94. The molecule has 0 atom stereocenters. The van der Waals surface area contributed by atoms with E-state index in [2.05, 4.69) is 24.1 Å². The fraction of sp³-hybridized carbons (Fsp3) is 0.846. The van der Waals surface area contributed by atoms with E-state index in [-0.39, 0.29) is 5.91 Å². The Morgan fingerprint density at radius 2 is 1.94 bits per heavy atom. The molecule has 1 aliphatic rings. The molecule has 0 bridgehead atoms. The molecule has 2 amide bonds. The van der Waals surface area contributed by atoms with E-state index in [4.69, 9.17) is 0 Å². The first-order valence-electron chi connectivity index (χ1n) is 6.80. The molecule has 0 radical (unpaired) electrons. The lowest BCUT2D eigenvalue weighted by molar-refractivity contribution is -0.122. The van der Waals surface area contributed by atoms with Gasteiger partial charge in [0, 0.05) is 45.7 Å². The molecular formula is C13H25N3O2. The van der Waals surface area contributed by atoms with E-state index >= 15 is 0 Å². The summed E-state index contributed by atoms with van der Waals surface area (Å²) in [5.74, 6) is 0.759. The lowest BCUT2D eigenvalue weighted by atomic mass is 10.1. The van der Waals surface area contributed by atoms with E-state index in [1.807, 2.05) is 0 Å². The molecule has 0 spiro atoms. The van der Waals surface area contributed by atoms with E-state index in [1.54, 1.807) is 4.90 Å². The van der Waals surface area contributed by atoms with Crippen molar-refractivity contribution in [1.82, 2.24) is 15.1 Å². The predicted octanol–water partition coefficient (Wildman–Crippen LogP) is 0.313. The van der Waals surface area contributed by atoms with Gasteiger partial charge in [0.25, 0.3) is 0 Å². The van der Waals surface area contributed by atoms with Crippen LogP contribution in [0, 0.1) is 5.92 Å². The second-order valence-corrected chi connectivity index (χ2v) is 5.27. The monoisotopic (exact) mass is 255 g/mol. The van der Waals surface area contributed by atoms with Crippen LogP contribution in [0.3, 0.4) is 0 Å². The van der Waals surface area contributed by atoms with Crippen LogP contribution in [0.4, 0.5) is 0 Å². The first-order chi connectivity index (χ1) is 8.61. The van der Waals surface area contributed by atoms with Crippen molar-refractivity contribution in [3.63, 3.8) is 0 Å². The summed E-state index contributed by atoms with van der Waals surface area (Å²) in [6.45, 7) is 9.17. The van der Waals surface area contributed by atoms with E-state index in [0.717, 1.165) is 52.1 Å². The normalized spacial score (nSPS) is 16.9. The lowest BCUT2D eigenvalue weighted by Crippen LogP contribution is -2.46. The smallest absolute Gasteiger partial charge is 0.221 e. The van der Waals surface area contributed by atoms with Gasteiger partial charge in [-0.2, -0.15) is 0 Å². The van der Waals surface area contributed by atoms with Crippen molar-refractivity contribution in [2.45, 2.75) is 26.7 Å². The molecule has 1 aliphatic heterocycles. The third kappa shape index (κ3) is 6.00. The highest BCUT2D eigenvalue weighted by molar-refractivity contribution is 5.76. The van der Waals surface area contributed by atoms with Crippen molar-refractivity contribution in [3.05, 3.63) is 0 Å². The Balaban J connectivity index is 2.06. The molecule has 0 aromatic heterocycles. The number of piperazine rings is 1. The maximum Gasteiger partial charge on any atom is 0.221 e. The average molecular weight is 255 g/mol. The SMILES string of the molecule is CC(C)CCNC(=O)CCN1CCN(C=O)CC1. The summed E-state index contributed by atoms with van der Waals surface area (Å²) in [7, 11) is 0. The van der Waals surface area contributed by atoms with Crippen LogP contribution in [-0.2, 0) is 9.59 Å². The molecule has 0 aromatic rings. The number of nitrogens with one attached hydrogen (secondary N) is 1. The Hall–Kier alpha value is -1.10. The largest absolute Gasteiger partial charge is 0.356 e. The summed E-state index contributed by atoms with van der Waals surface area (Å²) in [4.78, 5) is 26.1. The van der Waals surface area contributed by atoms with Crippen LogP contribution in [0.2, 0.25) is 0 Å². The van der Waals surface area contributed by atoms with E-state index in [0.29, 0.717) is 12.3 Å². The zero-order valence-corrected chi connectivity index (χ0v) is 11.5. The summed E-state index contributed by atoms with van der Waals surface area (Å²) in [5, 5.41) is 2.94. The maximum atomic E-state index is 11.6. The van der Waals surface area contributed by atoms with Gasteiger partial charge in [-0.05, 0) is 12.3 Å². The minimum atomic E-state index is 0.133. The van der Waals surface area contributed by atoms with Crippen LogP contribution < -0.4 is 5.32 Å². The van der Waals surface area contributed by atoms with Crippen molar-refractivity contribution in [3.8, 4) is 0 Å². The first-order valence-corrected chi connectivity index (χ1v) is 6.80. The van der Waals surface area contributed by atoms with Crippen LogP contribution >= 0.6 is 0 Å². The molecule has 0 aliphatic carbocycles. The van der Waals surface area contributed by atoms with E-state index < -0.39 is 0 Å². The molecule has 0 aromatic carbocycles. The van der Waals surface area contributed by atoms with E-state index in [1.165, 1.54) is 0 Å². The number of amides is 2. The van der Waals surface area contributed by atoms with Crippen LogP contribution in [0.25, 0.3) is 0 Å². The van der Waals surface area contributed by atoms with Gasteiger partial charge in [-0.15, -0.1) is 0 Å². The number of nitrogens with zero attached hydrogens (tertiary/aromatic N) is 2. The Bertz CT molecular complexity index is 261. The second-order valence-electron chi connectivity index (χ2n) is 5.27. The molecule has 104 valence electrons. The lowest BCUT2D eigenvalue weighted by Gasteiger charge is -2.32. The molecule has 1 saturated heterocycles. The first kappa shape index (κ1) is 15.0. The van der Waals surface area contributed by atoms with Crippen LogP contribution in [0.5, 0.6) is 0 Å². The molecule has 1 heterocycles. The minimum Gasteiger partial charge on any atom is -0.356 e. The highest BCUT2D eigenvalue weighted by Crippen LogP contribution is 2.01. The van der Waals surface area contributed by atoms with Crippen LogP contribution in [0.15, 0.2) is 0 Å². The highest BCUT2D eigenvalue weighted by Gasteiger charge is 2.15. The summed E-state index contributed by atoms with van der Waals surface area (Å²) in [5.41, 5.74) is 0. The number of carbonyl (C=O) groups excluding carboxylic acids is 2. The minimum absolute atomic E-state index is 0.133. The molecule has 18 heavy (non-hydrogen) atoms. The number of hydrogen-bond donors (Lipinski definition) is 1. The third-order valence-electron chi connectivity index (χ3n) is 3.25. The Morgan fingerprint density at radius 1 is 1.28 bits per heavy atom. The quantitative estimate of drug-likeness (QED) is 0.666. The molecular weight excluding hydrogens is 230 g/mol. The zero-order chi connectivity index (χ0) is 13.4. The van der Waals surface area contributed by atoms with Crippen LogP contribution in [-0.4, -0.2) is 61.4 Å². The Kier molecular flexibility index (Phi) is 6.72. The molecule has 1 fully saturated rings. The number of rotatable bonds is 7. The van der Waals surface area contributed by atoms with Crippen molar-refractivity contribution >= 4 is 12.3 Å².